The minimum absolute atomic E-state index is 0.0169. The van der Waals surface area contributed by atoms with Crippen LogP contribution in [0.5, 0.6) is 0 Å². The number of hydrogen-bond acceptors (Lipinski definition) is 3. The van der Waals surface area contributed by atoms with Crippen LogP contribution in [0.3, 0.4) is 0 Å². The van der Waals surface area contributed by atoms with Gasteiger partial charge in [-0.25, -0.2) is 26.0 Å². The van der Waals surface area contributed by atoms with Gasteiger partial charge in [-0.2, -0.15) is 4.31 Å². The second-order valence-corrected chi connectivity index (χ2v) is 6.64. The summed E-state index contributed by atoms with van der Waals surface area (Å²) in [7, 11) is -2.91. The molecule has 1 heterocycles. The predicted octanol–water partition coefficient (Wildman–Crippen LogP) is 1.62. The smallest absolute Gasteiger partial charge is 0.249 e. The van der Waals surface area contributed by atoms with Crippen molar-refractivity contribution in [1.29, 1.82) is 0 Å². The third kappa shape index (κ3) is 2.90. The van der Waals surface area contributed by atoms with E-state index in [1.165, 1.54) is 0 Å². The summed E-state index contributed by atoms with van der Waals surface area (Å²) in [6, 6.07) is 0.0760. The van der Waals surface area contributed by atoms with Crippen LogP contribution in [0.25, 0.3) is 0 Å². The minimum Gasteiger partial charge on any atom is -0.317 e. The van der Waals surface area contributed by atoms with Crippen LogP contribution >= 0.6 is 0 Å². The summed E-state index contributed by atoms with van der Waals surface area (Å²) in [4.78, 5) is -1.57. The lowest BCUT2D eigenvalue weighted by atomic mass is 10.1. The summed E-state index contributed by atoms with van der Waals surface area (Å²) in [5.74, 6) is -7.27. The summed E-state index contributed by atoms with van der Waals surface area (Å²) in [5.41, 5.74) is 0. The molecular formula is C12H14F4N2O2S. The highest BCUT2D eigenvalue weighted by Gasteiger charge is 2.36. The van der Waals surface area contributed by atoms with Crippen molar-refractivity contribution in [2.75, 3.05) is 20.1 Å². The van der Waals surface area contributed by atoms with Gasteiger partial charge in [-0.1, -0.05) is 0 Å². The molecule has 0 aliphatic carbocycles. The highest BCUT2D eigenvalue weighted by Crippen LogP contribution is 2.28. The lowest BCUT2D eigenvalue weighted by molar-refractivity contribution is 0.295. The van der Waals surface area contributed by atoms with Crippen LogP contribution in [-0.4, -0.2) is 38.9 Å². The van der Waals surface area contributed by atoms with E-state index >= 15 is 0 Å². The van der Waals surface area contributed by atoms with E-state index < -0.39 is 38.2 Å². The molecule has 1 aliphatic rings. The Morgan fingerprint density at radius 2 is 1.57 bits per heavy atom. The molecule has 1 saturated heterocycles. The number of piperidine rings is 1. The molecule has 0 bridgehead atoms. The minimum atomic E-state index is -4.62. The Morgan fingerprint density at radius 1 is 1.10 bits per heavy atom. The van der Waals surface area contributed by atoms with Crippen LogP contribution in [0.1, 0.15) is 12.8 Å². The molecule has 1 aromatic rings. The first-order valence-electron chi connectivity index (χ1n) is 6.29. The van der Waals surface area contributed by atoms with Gasteiger partial charge in [0.2, 0.25) is 10.0 Å². The number of halogens is 4. The molecule has 2 rings (SSSR count). The second-order valence-electron chi connectivity index (χ2n) is 4.76. The van der Waals surface area contributed by atoms with Crippen molar-refractivity contribution in [3.63, 3.8) is 0 Å². The van der Waals surface area contributed by atoms with E-state index in [1.807, 2.05) is 0 Å². The number of benzene rings is 1. The van der Waals surface area contributed by atoms with Gasteiger partial charge in [-0.15, -0.1) is 0 Å². The third-order valence-electron chi connectivity index (χ3n) is 3.53. The van der Waals surface area contributed by atoms with Crippen molar-refractivity contribution in [2.24, 2.45) is 0 Å². The van der Waals surface area contributed by atoms with E-state index in [2.05, 4.69) is 5.32 Å². The summed E-state index contributed by atoms with van der Waals surface area (Å²) in [6.45, 7) is 0.0374. The van der Waals surface area contributed by atoms with Crippen LogP contribution in [0.2, 0.25) is 0 Å². The van der Waals surface area contributed by atoms with Crippen molar-refractivity contribution in [3.05, 3.63) is 29.3 Å². The van der Waals surface area contributed by atoms with Crippen molar-refractivity contribution in [2.45, 2.75) is 23.8 Å². The van der Waals surface area contributed by atoms with Gasteiger partial charge < -0.3 is 5.32 Å². The largest absolute Gasteiger partial charge is 0.317 e. The SMILES string of the molecule is CNC1CCN(S(=O)(=O)c2c(F)c(F)cc(F)c2F)CC1. The number of sulfonamides is 1. The Morgan fingerprint density at radius 3 is 2.00 bits per heavy atom. The first-order valence-corrected chi connectivity index (χ1v) is 7.73. The molecule has 0 radical (unpaired) electrons. The van der Waals surface area contributed by atoms with Gasteiger partial charge in [0, 0.05) is 25.2 Å². The Hall–Kier alpha value is -1.19. The third-order valence-corrected chi connectivity index (χ3v) is 5.45. The van der Waals surface area contributed by atoms with Gasteiger partial charge in [-0.05, 0) is 19.9 Å². The molecule has 0 aromatic heterocycles. The Bertz CT molecular complexity index is 617. The maximum Gasteiger partial charge on any atom is 0.249 e. The highest BCUT2D eigenvalue weighted by atomic mass is 32.2. The molecule has 1 fully saturated rings. The van der Waals surface area contributed by atoms with Gasteiger partial charge in [0.15, 0.2) is 28.2 Å². The van der Waals surface area contributed by atoms with Gasteiger partial charge in [0.1, 0.15) is 0 Å². The van der Waals surface area contributed by atoms with Crippen molar-refractivity contribution >= 4 is 10.0 Å². The topological polar surface area (TPSA) is 49.4 Å². The zero-order valence-corrected chi connectivity index (χ0v) is 12.0. The maximum absolute atomic E-state index is 13.6. The van der Waals surface area contributed by atoms with Crippen molar-refractivity contribution in [3.8, 4) is 0 Å². The van der Waals surface area contributed by atoms with Crippen molar-refractivity contribution in [1.82, 2.24) is 9.62 Å². The first-order chi connectivity index (χ1) is 9.78. The Balaban J connectivity index is 2.42. The van der Waals surface area contributed by atoms with Gasteiger partial charge in [0.05, 0.1) is 0 Å². The second kappa shape index (κ2) is 5.90. The Kier molecular flexibility index (Phi) is 4.54. The fraction of sp³-hybridized carbons (Fsp3) is 0.500. The Labute approximate surface area is 119 Å². The van der Waals surface area contributed by atoms with Crippen molar-refractivity contribution < 1.29 is 26.0 Å². The molecule has 0 unspecified atom stereocenters. The lowest BCUT2D eigenvalue weighted by Gasteiger charge is -2.31. The molecule has 0 atom stereocenters. The fourth-order valence-electron chi connectivity index (χ4n) is 2.29. The zero-order valence-electron chi connectivity index (χ0n) is 11.2. The summed E-state index contributed by atoms with van der Waals surface area (Å²) < 4.78 is 78.9. The van der Waals surface area contributed by atoms with Crippen LogP contribution in [0.15, 0.2) is 11.0 Å². The van der Waals surface area contributed by atoms with E-state index in [0.717, 1.165) is 4.31 Å². The van der Waals surface area contributed by atoms with Crippen LogP contribution in [-0.2, 0) is 10.0 Å². The number of rotatable bonds is 3. The van der Waals surface area contributed by atoms with Crippen LogP contribution < -0.4 is 5.32 Å². The number of nitrogens with one attached hydrogen (secondary N) is 1. The van der Waals surface area contributed by atoms with Gasteiger partial charge >= 0.3 is 0 Å². The molecule has 0 amide bonds. The van der Waals surface area contributed by atoms with Crippen LogP contribution in [0, 0.1) is 23.3 Å². The molecule has 0 saturated carbocycles. The van der Waals surface area contributed by atoms with E-state index in [1.54, 1.807) is 7.05 Å². The van der Waals surface area contributed by atoms with Gasteiger partial charge in [-0.3, -0.25) is 0 Å². The summed E-state index contributed by atoms with van der Waals surface area (Å²) in [6.07, 6.45) is 0.882. The van der Waals surface area contributed by atoms with E-state index in [0.29, 0.717) is 12.8 Å². The zero-order chi connectivity index (χ0) is 15.8. The summed E-state index contributed by atoms with van der Waals surface area (Å²) in [5, 5.41) is 2.97. The summed E-state index contributed by atoms with van der Waals surface area (Å²) >= 11 is 0. The van der Waals surface area contributed by atoms with Gasteiger partial charge in [0.25, 0.3) is 0 Å². The molecule has 21 heavy (non-hydrogen) atoms. The molecule has 9 heteroatoms. The van der Waals surface area contributed by atoms with Crippen LogP contribution in [0.4, 0.5) is 17.6 Å². The average molecular weight is 326 g/mol. The molecular weight excluding hydrogens is 312 g/mol. The quantitative estimate of drug-likeness (QED) is 0.678. The number of hydrogen-bond donors (Lipinski definition) is 1. The maximum atomic E-state index is 13.6. The molecule has 4 nitrogen and oxygen atoms in total. The normalized spacial score (nSPS) is 18.1. The molecule has 1 aliphatic heterocycles. The predicted molar refractivity (Wildman–Crippen MR) is 67.1 cm³/mol. The molecule has 118 valence electrons. The molecule has 0 spiro atoms. The molecule has 1 aromatic carbocycles. The standard InChI is InChI=1S/C12H14F4N2O2S/c1-17-7-2-4-18(5-3-7)21(19,20)12-10(15)8(13)6-9(14)11(12)16/h6-7,17H,2-5H2,1H3. The lowest BCUT2D eigenvalue weighted by Crippen LogP contribution is -2.44. The molecule has 1 N–H and O–H groups in total. The number of nitrogens with zero attached hydrogens (tertiary/aromatic N) is 1. The monoisotopic (exact) mass is 326 g/mol. The average Bonchev–Trinajstić information content (AvgIpc) is 2.45. The highest BCUT2D eigenvalue weighted by molar-refractivity contribution is 7.89. The van der Waals surface area contributed by atoms with E-state index in [4.69, 9.17) is 0 Å². The van der Waals surface area contributed by atoms with E-state index in [-0.39, 0.29) is 25.2 Å². The van der Waals surface area contributed by atoms with E-state index in [9.17, 15) is 26.0 Å². The fourth-order valence-corrected chi connectivity index (χ4v) is 3.89. The first kappa shape index (κ1) is 16.2.